The molecule has 1 N–H and O–H groups in total. The smallest absolute Gasteiger partial charge is 0.0628 e. The Labute approximate surface area is 101 Å². The Balaban J connectivity index is 2.40. The maximum absolute atomic E-state index is 5.28. The number of methoxy groups -OCH3 is 1. The van der Waals surface area contributed by atoms with Gasteiger partial charge in [-0.05, 0) is 32.9 Å². The predicted octanol–water partition coefficient (Wildman–Crippen LogP) is 1.88. The van der Waals surface area contributed by atoms with E-state index in [1.807, 2.05) is 0 Å². The Morgan fingerprint density at radius 1 is 1.38 bits per heavy atom. The van der Waals surface area contributed by atoms with E-state index in [0.29, 0.717) is 6.04 Å². The molecule has 0 saturated carbocycles. The second kappa shape index (κ2) is 8.04. The van der Waals surface area contributed by atoms with Crippen LogP contribution in [0.3, 0.4) is 0 Å². The van der Waals surface area contributed by atoms with Crippen molar-refractivity contribution in [3.8, 4) is 0 Å². The normalized spacial score (nSPS) is 25.3. The molecule has 16 heavy (non-hydrogen) atoms. The second-order valence-corrected chi connectivity index (χ2v) is 4.90. The quantitative estimate of drug-likeness (QED) is 0.751. The zero-order valence-electron chi connectivity index (χ0n) is 11.2. The summed E-state index contributed by atoms with van der Waals surface area (Å²) < 4.78 is 5.28. The Morgan fingerprint density at radius 2 is 2.19 bits per heavy atom. The maximum atomic E-state index is 5.28. The SMILES string of the molecule is CCNC(COC)CN1CCCCCC1C. The molecule has 2 atom stereocenters. The van der Waals surface area contributed by atoms with Crippen LogP contribution in [0.2, 0.25) is 0 Å². The minimum Gasteiger partial charge on any atom is -0.383 e. The average Bonchev–Trinajstić information content (AvgIpc) is 2.45. The molecule has 0 spiro atoms. The molecular weight excluding hydrogens is 200 g/mol. The standard InChI is InChI=1S/C13H28N2O/c1-4-14-13(11-16-3)10-15-9-7-5-6-8-12(15)2/h12-14H,4-11H2,1-3H3. The second-order valence-electron chi connectivity index (χ2n) is 4.90. The van der Waals surface area contributed by atoms with Gasteiger partial charge in [0.05, 0.1) is 6.61 Å². The number of likely N-dealkylation sites (tertiary alicyclic amines) is 1. The van der Waals surface area contributed by atoms with Crippen molar-refractivity contribution < 1.29 is 4.74 Å². The lowest BCUT2D eigenvalue weighted by Crippen LogP contribution is -2.46. The molecule has 3 heteroatoms. The van der Waals surface area contributed by atoms with Crippen molar-refractivity contribution in [1.29, 1.82) is 0 Å². The third kappa shape index (κ3) is 4.81. The molecule has 0 aromatic carbocycles. The van der Waals surface area contributed by atoms with Crippen LogP contribution < -0.4 is 5.32 Å². The number of nitrogens with zero attached hydrogens (tertiary/aromatic N) is 1. The van der Waals surface area contributed by atoms with Gasteiger partial charge in [-0.3, -0.25) is 4.90 Å². The van der Waals surface area contributed by atoms with Crippen molar-refractivity contribution >= 4 is 0 Å². The summed E-state index contributed by atoms with van der Waals surface area (Å²) in [6, 6.07) is 1.22. The molecule has 1 fully saturated rings. The zero-order valence-corrected chi connectivity index (χ0v) is 11.2. The molecule has 1 aliphatic heterocycles. The van der Waals surface area contributed by atoms with Gasteiger partial charge in [0.1, 0.15) is 0 Å². The van der Waals surface area contributed by atoms with Crippen molar-refractivity contribution in [2.75, 3.05) is 33.4 Å². The average molecular weight is 228 g/mol. The first-order chi connectivity index (χ1) is 7.77. The van der Waals surface area contributed by atoms with Crippen molar-refractivity contribution in [2.24, 2.45) is 0 Å². The van der Waals surface area contributed by atoms with E-state index >= 15 is 0 Å². The maximum Gasteiger partial charge on any atom is 0.0628 e. The van der Waals surface area contributed by atoms with E-state index in [0.717, 1.165) is 25.7 Å². The van der Waals surface area contributed by atoms with Crippen LogP contribution in [0.25, 0.3) is 0 Å². The first kappa shape index (κ1) is 13.9. The van der Waals surface area contributed by atoms with E-state index in [1.165, 1.54) is 32.2 Å². The summed E-state index contributed by atoms with van der Waals surface area (Å²) in [6.45, 7) is 8.75. The number of hydrogen-bond donors (Lipinski definition) is 1. The summed E-state index contributed by atoms with van der Waals surface area (Å²) >= 11 is 0. The summed E-state index contributed by atoms with van der Waals surface area (Å²) in [7, 11) is 1.79. The fourth-order valence-electron chi connectivity index (χ4n) is 2.55. The van der Waals surface area contributed by atoms with E-state index in [2.05, 4.69) is 24.1 Å². The minimum atomic E-state index is 0.482. The van der Waals surface area contributed by atoms with Gasteiger partial charge in [-0.2, -0.15) is 0 Å². The summed E-state index contributed by atoms with van der Waals surface area (Å²) in [5.74, 6) is 0. The highest BCUT2D eigenvalue weighted by Crippen LogP contribution is 2.16. The molecule has 3 nitrogen and oxygen atoms in total. The van der Waals surface area contributed by atoms with Crippen LogP contribution in [-0.4, -0.2) is 50.3 Å². The number of ether oxygens (including phenoxy) is 1. The molecular formula is C13H28N2O. The first-order valence-corrected chi connectivity index (χ1v) is 6.74. The highest BCUT2D eigenvalue weighted by Gasteiger charge is 2.20. The highest BCUT2D eigenvalue weighted by atomic mass is 16.5. The summed E-state index contributed by atoms with van der Waals surface area (Å²) in [6.07, 6.45) is 5.51. The summed E-state index contributed by atoms with van der Waals surface area (Å²) in [4.78, 5) is 2.62. The van der Waals surface area contributed by atoms with Crippen molar-refractivity contribution in [2.45, 2.75) is 51.6 Å². The number of hydrogen-bond acceptors (Lipinski definition) is 3. The fourth-order valence-corrected chi connectivity index (χ4v) is 2.55. The largest absolute Gasteiger partial charge is 0.383 e. The third-order valence-corrected chi connectivity index (χ3v) is 3.51. The predicted molar refractivity (Wildman–Crippen MR) is 68.8 cm³/mol. The van der Waals surface area contributed by atoms with Crippen molar-refractivity contribution in [3.63, 3.8) is 0 Å². The van der Waals surface area contributed by atoms with Gasteiger partial charge in [0.15, 0.2) is 0 Å². The monoisotopic (exact) mass is 228 g/mol. The molecule has 1 aliphatic rings. The van der Waals surface area contributed by atoms with E-state index in [9.17, 15) is 0 Å². The van der Waals surface area contributed by atoms with Gasteiger partial charge in [-0.1, -0.05) is 19.8 Å². The van der Waals surface area contributed by atoms with E-state index in [4.69, 9.17) is 4.74 Å². The van der Waals surface area contributed by atoms with Crippen LogP contribution in [0.4, 0.5) is 0 Å². The first-order valence-electron chi connectivity index (χ1n) is 6.74. The molecule has 0 amide bonds. The molecule has 1 heterocycles. The Hall–Kier alpha value is -0.120. The molecule has 0 radical (unpaired) electrons. The lowest BCUT2D eigenvalue weighted by molar-refractivity contribution is 0.124. The Bertz CT molecular complexity index is 169. The van der Waals surface area contributed by atoms with Crippen molar-refractivity contribution in [3.05, 3.63) is 0 Å². The summed E-state index contributed by atoms with van der Waals surface area (Å²) in [5, 5.41) is 3.51. The third-order valence-electron chi connectivity index (χ3n) is 3.51. The van der Waals surface area contributed by atoms with Gasteiger partial charge in [-0.15, -0.1) is 0 Å². The molecule has 0 aromatic rings. The van der Waals surface area contributed by atoms with Crippen LogP contribution in [0.5, 0.6) is 0 Å². The molecule has 0 aromatic heterocycles. The van der Waals surface area contributed by atoms with Crippen LogP contribution >= 0.6 is 0 Å². The Morgan fingerprint density at radius 3 is 2.88 bits per heavy atom. The molecule has 1 saturated heterocycles. The molecule has 1 rings (SSSR count). The molecule has 2 unspecified atom stereocenters. The summed E-state index contributed by atoms with van der Waals surface area (Å²) in [5.41, 5.74) is 0. The number of likely N-dealkylation sites (N-methyl/N-ethyl adjacent to an activating group) is 1. The van der Waals surface area contributed by atoms with Gasteiger partial charge in [0.25, 0.3) is 0 Å². The van der Waals surface area contributed by atoms with Crippen LogP contribution in [0.1, 0.15) is 39.5 Å². The minimum absolute atomic E-state index is 0.482. The Kier molecular flexibility index (Phi) is 7.01. The number of nitrogens with one attached hydrogen (secondary N) is 1. The van der Waals surface area contributed by atoms with Crippen LogP contribution in [-0.2, 0) is 4.74 Å². The molecule has 0 aliphatic carbocycles. The molecule has 96 valence electrons. The van der Waals surface area contributed by atoms with Crippen LogP contribution in [0, 0.1) is 0 Å². The van der Waals surface area contributed by atoms with E-state index in [-0.39, 0.29) is 0 Å². The van der Waals surface area contributed by atoms with E-state index < -0.39 is 0 Å². The van der Waals surface area contributed by atoms with Gasteiger partial charge < -0.3 is 10.1 Å². The van der Waals surface area contributed by atoms with Gasteiger partial charge in [-0.25, -0.2) is 0 Å². The lowest BCUT2D eigenvalue weighted by atomic mass is 10.1. The van der Waals surface area contributed by atoms with Gasteiger partial charge >= 0.3 is 0 Å². The molecule has 0 bridgehead atoms. The van der Waals surface area contributed by atoms with Gasteiger partial charge in [0.2, 0.25) is 0 Å². The van der Waals surface area contributed by atoms with Crippen molar-refractivity contribution in [1.82, 2.24) is 10.2 Å². The van der Waals surface area contributed by atoms with Gasteiger partial charge in [0, 0.05) is 25.7 Å². The zero-order chi connectivity index (χ0) is 11.8. The topological polar surface area (TPSA) is 24.5 Å². The number of rotatable bonds is 6. The fraction of sp³-hybridized carbons (Fsp3) is 1.00. The van der Waals surface area contributed by atoms with E-state index in [1.54, 1.807) is 7.11 Å². The lowest BCUT2D eigenvalue weighted by Gasteiger charge is -2.31. The van der Waals surface area contributed by atoms with Crippen LogP contribution in [0.15, 0.2) is 0 Å². The highest BCUT2D eigenvalue weighted by molar-refractivity contribution is 4.77.